The average Bonchev–Trinajstić information content (AvgIpc) is 2.46. The van der Waals surface area contributed by atoms with Gasteiger partial charge in [0.2, 0.25) is 0 Å². The minimum Gasteiger partial charge on any atom is -0.313 e. The minimum absolute atomic E-state index is 0.473. The standard InChI is InChI=1S/C18H27N/c1-3-8-15-11-7-12-17(13-15)18(19-2)14-16-9-5-4-6-10-16/h7,9,11-13,18-19H,3-6,8,10,14H2,1-2H3. The van der Waals surface area contributed by atoms with E-state index in [-0.39, 0.29) is 0 Å². The maximum Gasteiger partial charge on any atom is 0.0355 e. The lowest BCUT2D eigenvalue weighted by atomic mass is 9.91. The Morgan fingerprint density at radius 3 is 2.84 bits per heavy atom. The summed E-state index contributed by atoms with van der Waals surface area (Å²) in [6.07, 6.45) is 11.4. The van der Waals surface area contributed by atoms with Crippen LogP contribution in [-0.4, -0.2) is 7.05 Å². The summed E-state index contributed by atoms with van der Waals surface area (Å²) < 4.78 is 0. The smallest absolute Gasteiger partial charge is 0.0355 e. The second-order valence-corrected chi connectivity index (χ2v) is 5.65. The summed E-state index contributed by atoms with van der Waals surface area (Å²) in [5.41, 5.74) is 4.56. The summed E-state index contributed by atoms with van der Waals surface area (Å²) in [6.45, 7) is 2.25. The van der Waals surface area contributed by atoms with Crippen molar-refractivity contribution < 1.29 is 0 Å². The van der Waals surface area contributed by atoms with Gasteiger partial charge < -0.3 is 5.32 Å². The second kappa shape index (κ2) is 7.49. The van der Waals surface area contributed by atoms with Gasteiger partial charge >= 0.3 is 0 Å². The Balaban J connectivity index is 2.07. The first-order valence-electron chi connectivity index (χ1n) is 7.77. The number of hydrogen-bond acceptors (Lipinski definition) is 1. The van der Waals surface area contributed by atoms with Crippen molar-refractivity contribution in [2.24, 2.45) is 0 Å². The van der Waals surface area contributed by atoms with Crippen molar-refractivity contribution in [3.8, 4) is 0 Å². The van der Waals surface area contributed by atoms with Crippen LogP contribution in [0.15, 0.2) is 35.9 Å². The van der Waals surface area contributed by atoms with Gasteiger partial charge in [0.15, 0.2) is 0 Å². The van der Waals surface area contributed by atoms with Crippen LogP contribution in [0.25, 0.3) is 0 Å². The van der Waals surface area contributed by atoms with Gasteiger partial charge in [-0.15, -0.1) is 0 Å². The molecule has 1 N–H and O–H groups in total. The van der Waals surface area contributed by atoms with Crippen molar-refractivity contribution in [3.05, 3.63) is 47.0 Å². The average molecular weight is 257 g/mol. The summed E-state index contributed by atoms with van der Waals surface area (Å²) in [6, 6.07) is 9.58. The number of benzene rings is 1. The van der Waals surface area contributed by atoms with E-state index in [1.807, 2.05) is 0 Å². The van der Waals surface area contributed by atoms with Crippen molar-refractivity contribution in [3.63, 3.8) is 0 Å². The molecule has 104 valence electrons. The molecule has 1 aromatic carbocycles. The molecule has 19 heavy (non-hydrogen) atoms. The SMILES string of the molecule is CCCc1cccc(C(CC2=CCCCC2)NC)c1. The number of aryl methyl sites for hydroxylation is 1. The molecular formula is C18H27N. The van der Waals surface area contributed by atoms with Gasteiger partial charge in [-0.05, 0) is 56.7 Å². The van der Waals surface area contributed by atoms with Crippen molar-refractivity contribution in [2.45, 2.75) is 57.9 Å². The summed E-state index contributed by atoms with van der Waals surface area (Å²) >= 11 is 0. The lowest BCUT2D eigenvalue weighted by molar-refractivity contribution is 0.558. The van der Waals surface area contributed by atoms with E-state index in [2.05, 4.69) is 49.6 Å². The molecule has 0 heterocycles. The second-order valence-electron chi connectivity index (χ2n) is 5.65. The van der Waals surface area contributed by atoms with Crippen LogP contribution in [0.3, 0.4) is 0 Å². The summed E-state index contributed by atoms with van der Waals surface area (Å²) in [5.74, 6) is 0. The van der Waals surface area contributed by atoms with Crippen LogP contribution in [0.2, 0.25) is 0 Å². The number of rotatable bonds is 6. The molecule has 1 aliphatic carbocycles. The van der Waals surface area contributed by atoms with Gasteiger partial charge in [0.25, 0.3) is 0 Å². The van der Waals surface area contributed by atoms with E-state index in [1.165, 1.54) is 56.1 Å². The molecule has 2 rings (SSSR count). The maximum atomic E-state index is 3.49. The van der Waals surface area contributed by atoms with Crippen LogP contribution >= 0.6 is 0 Å². The topological polar surface area (TPSA) is 12.0 Å². The normalized spacial score (nSPS) is 17.1. The Morgan fingerprint density at radius 1 is 1.26 bits per heavy atom. The third-order valence-electron chi connectivity index (χ3n) is 4.09. The first-order chi connectivity index (χ1) is 9.33. The lowest BCUT2D eigenvalue weighted by Crippen LogP contribution is -2.17. The fourth-order valence-electron chi connectivity index (χ4n) is 2.99. The predicted octanol–water partition coefficient (Wildman–Crippen LogP) is 4.79. The Labute approximate surface area is 118 Å². The van der Waals surface area contributed by atoms with E-state index in [1.54, 1.807) is 5.57 Å². The van der Waals surface area contributed by atoms with E-state index >= 15 is 0 Å². The maximum absolute atomic E-state index is 3.49. The highest BCUT2D eigenvalue weighted by Crippen LogP contribution is 2.27. The molecule has 0 aromatic heterocycles. The van der Waals surface area contributed by atoms with Crippen LogP contribution < -0.4 is 5.32 Å². The van der Waals surface area contributed by atoms with Crippen molar-refractivity contribution in [2.75, 3.05) is 7.05 Å². The number of allylic oxidation sites excluding steroid dienone is 1. The predicted molar refractivity (Wildman–Crippen MR) is 83.4 cm³/mol. The van der Waals surface area contributed by atoms with E-state index < -0.39 is 0 Å². The number of hydrogen-bond donors (Lipinski definition) is 1. The summed E-state index contributed by atoms with van der Waals surface area (Å²) in [5, 5.41) is 3.49. The summed E-state index contributed by atoms with van der Waals surface area (Å²) in [7, 11) is 2.08. The molecule has 1 heteroatoms. The molecule has 0 saturated heterocycles. The van der Waals surface area contributed by atoms with E-state index in [0.717, 1.165) is 0 Å². The highest BCUT2D eigenvalue weighted by Gasteiger charge is 2.13. The van der Waals surface area contributed by atoms with Gasteiger partial charge in [-0.2, -0.15) is 0 Å². The van der Waals surface area contributed by atoms with E-state index in [9.17, 15) is 0 Å². The monoisotopic (exact) mass is 257 g/mol. The van der Waals surface area contributed by atoms with Gasteiger partial charge in [0.05, 0.1) is 0 Å². The molecule has 0 amide bonds. The van der Waals surface area contributed by atoms with Crippen molar-refractivity contribution in [1.29, 1.82) is 0 Å². The molecule has 0 aliphatic heterocycles. The molecule has 1 aromatic rings. The van der Waals surface area contributed by atoms with E-state index in [4.69, 9.17) is 0 Å². The van der Waals surface area contributed by atoms with Gasteiger partial charge in [0, 0.05) is 6.04 Å². The molecule has 1 atom stereocenters. The van der Waals surface area contributed by atoms with Crippen LogP contribution in [0.1, 0.15) is 62.6 Å². The zero-order valence-electron chi connectivity index (χ0n) is 12.4. The van der Waals surface area contributed by atoms with Gasteiger partial charge in [-0.1, -0.05) is 49.3 Å². The molecule has 1 unspecified atom stereocenters. The van der Waals surface area contributed by atoms with Crippen LogP contribution in [0.5, 0.6) is 0 Å². The third kappa shape index (κ3) is 4.21. The largest absolute Gasteiger partial charge is 0.313 e. The molecule has 0 saturated carbocycles. The number of nitrogens with one attached hydrogen (secondary N) is 1. The Kier molecular flexibility index (Phi) is 5.65. The Morgan fingerprint density at radius 2 is 2.16 bits per heavy atom. The fraction of sp³-hybridized carbons (Fsp3) is 0.556. The molecule has 0 radical (unpaired) electrons. The molecule has 0 fully saturated rings. The highest BCUT2D eigenvalue weighted by atomic mass is 14.9. The molecule has 1 aliphatic rings. The Hall–Kier alpha value is -1.08. The van der Waals surface area contributed by atoms with Gasteiger partial charge in [-0.25, -0.2) is 0 Å². The van der Waals surface area contributed by atoms with Gasteiger partial charge in [-0.3, -0.25) is 0 Å². The lowest BCUT2D eigenvalue weighted by Gasteiger charge is -2.21. The Bertz CT molecular complexity index is 419. The quantitative estimate of drug-likeness (QED) is 0.722. The molecular weight excluding hydrogens is 230 g/mol. The van der Waals surface area contributed by atoms with E-state index in [0.29, 0.717) is 6.04 Å². The van der Waals surface area contributed by atoms with Gasteiger partial charge in [0.1, 0.15) is 0 Å². The zero-order chi connectivity index (χ0) is 13.5. The van der Waals surface area contributed by atoms with Crippen LogP contribution in [0, 0.1) is 0 Å². The molecule has 1 nitrogen and oxygen atoms in total. The van der Waals surface area contributed by atoms with Crippen LogP contribution in [0.4, 0.5) is 0 Å². The summed E-state index contributed by atoms with van der Waals surface area (Å²) in [4.78, 5) is 0. The van der Waals surface area contributed by atoms with Crippen molar-refractivity contribution >= 4 is 0 Å². The molecule has 0 bridgehead atoms. The first kappa shape index (κ1) is 14.3. The first-order valence-corrected chi connectivity index (χ1v) is 7.77. The fourth-order valence-corrected chi connectivity index (χ4v) is 2.99. The third-order valence-corrected chi connectivity index (χ3v) is 4.09. The van der Waals surface area contributed by atoms with Crippen molar-refractivity contribution in [1.82, 2.24) is 5.32 Å². The minimum atomic E-state index is 0.473. The zero-order valence-corrected chi connectivity index (χ0v) is 12.4. The highest BCUT2D eigenvalue weighted by molar-refractivity contribution is 5.27. The van der Waals surface area contributed by atoms with Crippen LogP contribution in [-0.2, 0) is 6.42 Å². The molecule has 0 spiro atoms.